The van der Waals surface area contributed by atoms with Crippen molar-refractivity contribution in [3.05, 3.63) is 17.5 Å². The van der Waals surface area contributed by atoms with Gasteiger partial charge in [-0.2, -0.15) is 0 Å². The fourth-order valence-corrected chi connectivity index (χ4v) is 3.41. The Kier molecular flexibility index (Phi) is 2.62. The van der Waals surface area contributed by atoms with Gasteiger partial charge in [0.2, 0.25) is 5.76 Å². The van der Waals surface area contributed by atoms with Crippen molar-refractivity contribution >= 4 is 11.9 Å². The molecule has 2 heterocycles. The summed E-state index contributed by atoms with van der Waals surface area (Å²) in [7, 11) is 0. The summed E-state index contributed by atoms with van der Waals surface area (Å²) in [6.07, 6.45) is 2.47. The number of carbonyl (C=O) groups excluding carboxylic acids is 1. The molecule has 19 heavy (non-hydrogen) atoms. The highest BCUT2D eigenvalue weighted by Crippen LogP contribution is 2.49. The quantitative estimate of drug-likeness (QED) is 0.870. The molecule has 0 spiro atoms. The van der Waals surface area contributed by atoms with Crippen LogP contribution in [0.25, 0.3) is 0 Å². The Morgan fingerprint density at radius 2 is 2.37 bits per heavy atom. The number of carboxylic acid groups (broad SMARTS) is 1. The van der Waals surface area contributed by atoms with Gasteiger partial charge in [0.05, 0.1) is 11.1 Å². The summed E-state index contributed by atoms with van der Waals surface area (Å²) in [5, 5.41) is 13.2. The molecule has 2 atom stereocenters. The number of aryl methyl sites for hydroxylation is 1. The molecule has 1 aliphatic heterocycles. The maximum Gasteiger partial charge on any atom is 0.311 e. The number of amides is 1. The van der Waals surface area contributed by atoms with E-state index in [1.165, 1.54) is 0 Å². The molecule has 1 saturated heterocycles. The standard InChI is InChI=1S/C13H16N2O4/c1-8-5-10(19-14-8)11(16)15-6-9-3-2-4-13(9,7-15)12(17)18/h5,9H,2-4,6-7H2,1H3,(H,17,18)/t9-,13+/m0/s1. The average Bonchev–Trinajstić information content (AvgIpc) is 3.00. The number of nitrogens with zero attached hydrogens (tertiary/aromatic N) is 2. The van der Waals surface area contributed by atoms with Gasteiger partial charge >= 0.3 is 5.97 Å². The summed E-state index contributed by atoms with van der Waals surface area (Å²) in [4.78, 5) is 25.4. The van der Waals surface area contributed by atoms with Crippen molar-refractivity contribution in [1.82, 2.24) is 10.1 Å². The zero-order valence-corrected chi connectivity index (χ0v) is 10.8. The molecule has 6 nitrogen and oxygen atoms in total. The van der Waals surface area contributed by atoms with Crippen LogP contribution in [0.2, 0.25) is 0 Å². The van der Waals surface area contributed by atoms with Crippen LogP contribution < -0.4 is 0 Å². The van der Waals surface area contributed by atoms with E-state index in [1.807, 2.05) is 0 Å². The van der Waals surface area contributed by atoms with E-state index < -0.39 is 11.4 Å². The van der Waals surface area contributed by atoms with E-state index in [9.17, 15) is 14.7 Å². The van der Waals surface area contributed by atoms with E-state index in [0.717, 1.165) is 12.8 Å². The number of aromatic nitrogens is 1. The first-order chi connectivity index (χ1) is 9.03. The van der Waals surface area contributed by atoms with Crippen LogP contribution >= 0.6 is 0 Å². The lowest BCUT2D eigenvalue weighted by molar-refractivity contribution is -0.149. The second kappa shape index (κ2) is 4.08. The Morgan fingerprint density at radius 1 is 1.58 bits per heavy atom. The molecule has 3 rings (SSSR count). The van der Waals surface area contributed by atoms with Crippen LogP contribution in [0.4, 0.5) is 0 Å². The summed E-state index contributed by atoms with van der Waals surface area (Å²) in [6.45, 7) is 2.54. The molecular weight excluding hydrogens is 248 g/mol. The predicted molar refractivity (Wildman–Crippen MR) is 64.6 cm³/mol. The van der Waals surface area contributed by atoms with Gasteiger partial charge in [-0.25, -0.2) is 0 Å². The summed E-state index contributed by atoms with van der Waals surface area (Å²) >= 11 is 0. The van der Waals surface area contributed by atoms with Crippen LogP contribution in [0, 0.1) is 18.3 Å². The fraction of sp³-hybridized carbons (Fsp3) is 0.615. The minimum absolute atomic E-state index is 0.0676. The maximum atomic E-state index is 12.3. The molecule has 1 aromatic heterocycles. The number of rotatable bonds is 2. The Hall–Kier alpha value is -1.85. The number of hydrogen-bond acceptors (Lipinski definition) is 4. The number of aliphatic carboxylic acids is 1. The molecule has 0 aromatic carbocycles. The number of likely N-dealkylation sites (tertiary alicyclic amines) is 1. The van der Waals surface area contributed by atoms with E-state index in [4.69, 9.17) is 4.52 Å². The Bertz CT molecular complexity index is 539. The van der Waals surface area contributed by atoms with Crippen LogP contribution in [-0.4, -0.2) is 40.1 Å². The second-order valence-corrected chi connectivity index (χ2v) is 5.57. The van der Waals surface area contributed by atoms with Crippen molar-refractivity contribution in [1.29, 1.82) is 0 Å². The minimum Gasteiger partial charge on any atom is -0.481 e. The van der Waals surface area contributed by atoms with Crippen LogP contribution in [-0.2, 0) is 4.79 Å². The lowest BCUT2D eigenvalue weighted by atomic mass is 9.81. The van der Waals surface area contributed by atoms with Gasteiger partial charge < -0.3 is 14.5 Å². The normalized spacial score (nSPS) is 29.5. The largest absolute Gasteiger partial charge is 0.481 e. The van der Waals surface area contributed by atoms with Crippen molar-refractivity contribution in [2.45, 2.75) is 26.2 Å². The molecule has 1 aliphatic carbocycles. The third kappa shape index (κ3) is 1.74. The van der Waals surface area contributed by atoms with Gasteiger partial charge in [0, 0.05) is 19.2 Å². The van der Waals surface area contributed by atoms with Crippen molar-refractivity contribution in [2.75, 3.05) is 13.1 Å². The van der Waals surface area contributed by atoms with E-state index in [1.54, 1.807) is 17.9 Å². The second-order valence-electron chi connectivity index (χ2n) is 5.57. The lowest BCUT2D eigenvalue weighted by Crippen LogP contribution is -2.37. The monoisotopic (exact) mass is 264 g/mol. The highest BCUT2D eigenvalue weighted by Gasteiger charge is 2.56. The highest BCUT2D eigenvalue weighted by molar-refractivity contribution is 5.92. The molecule has 0 radical (unpaired) electrons. The molecule has 0 bridgehead atoms. The molecule has 1 amide bonds. The zero-order valence-electron chi connectivity index (χ0n) is 10.8. The van der Waals surface area contributed by atoms with Crippen molar-refractivity contribution in [2.24, 2.45) is 11.3 Å². The van der Waals surface area contributed by atoms with Crippen LogP contribution in [0.1, 0.15) is 35.5 Å². The Labute approximate surface area is 110 Å². The first-order valence-electron chi connectivity index (χ1n) is 6.49. The number of fused-ring (bicyclic) bond motifs is 1. The topological polar surface area (TPSA) is 83.6 Å². The molecule has 2 aliphatic rings. The van der Waals surface area contributed by atoms with Gasteiger partial charge in [0.1, 0.15) is 0 Å². The summed E-state index contributed by atoms with van der Waals surface area (Å²) < 4.78 is 4.97. The van der Waals surface area contributed by atoms with E-state index in [-0.39, 0.29) is 24.1 Å². The fourth-order valence-electron chi connectivity index (χ4n) is 3.41. The molecule has 0 unspecified atom stereocenters. The predicted octanol–water partition coefficient (Wildman–Crippen LogP) is 1.31. The smallest absolute Gasteiger partial charge is 0.311 e. The average molecular weight is 264 g/mol. The molecule has 1 N–H and O–H groups in total. The Morgan fingerprint density at radius 3 is 2.95 bits per heavy atom. The molecule has 2 fully saturated rings. The van der Waals surface area contributed by atoms with Gasteiger partial charge in [0.25, 0.3) is 5.91 Å². The van der Waals surface area contributed by atoms with Gasteiger partial charge in [-0.05, 0) is 25.7 Å². The molecule has 102 valence electrons. The lowest BCUT2D eigenvalue weighted by Gasteiger charge is -2.22. The van der Waals surface area contributed by atoms with Gasteiger partial charge in [0.15, 0.2) is 0 Å². The van der Waals surface area contributed by atoms with Gasteiger partial charge in [-0.1, -0.05) is 11.6 Å². The molecular formula is C13H16N2O4. The summed E-state index contributed by atoms with van der Waals surface area (Å²) in [5.41, 5.74) is -0.0965. The SMILES string of the molecule is Cc1cc(C(=O)N2C[C@@H]3CCC[C@@]3(C(=O)O)C2)on1. The Balaban J connectivity index is 1.82. The van der Waals surface area contributed by atoms with E-state index in [0.29, 0.717) is 18.7 Å². The third-order valence-electron chi connectivity index (χ3n) is 4.42. The maximum absolute atomic E-state index is 12.3. The van der Waals surface area contributed by atoms with Crippen LogP contribution in [0.5, 0.6) is 0 Å². The van der Waals surface area contributed by atoms with E-state index >= 15 is 0 Å². The van der Waals surface area contributed by atoms with Crippen molar-refractivity contribution in [3.8, 4) is 0 Å². The number of carboxylic acids is 1. The van der Waals surface area contributed by atoms with Crippen molar-refractivity contribution < 1.29 is 19.2 Å². The summed E-state index contributed by atoms with van der Waals surface area (Å²) in [6, 6.07) is 1.59. The van der Waals surface area contributed by atoms with E-state index in [2.05, 4.69) is 5.16 Å². The van der Waals surface area contributed by atoms with Gasteiger partial charge in [-0.15, -0.1) is 0 Å². The van der Waals surface area contributed by atoms with Crippen LogP contribution in [0.15, 0.2) is 10.6 Å². The van der Waals surface area contributed by atoms with Crippen molar-refractivity contribution in [3.63, 3.8) is 0 Å². The number of carbonyl (C=O) groups is 2. The number of hydrogen-bond donors (Lipinski definition) is 1. The molecule has 1 saturated carbocycles. The molecule has 1 aromatic rings. The summed E-state index contributed by atoms with van der Waals surface area (Å²) in [5.74, 6) is -0.773. The van der Waals surface area contributed by atoms with Gasteiger partial charge in [-0.3, -0.25) is 9.59 Å². The molecule has 6 heteroatoms. The minimum atomic E-state index is -0.779. The first kappa shape index (κ1) is 12.2. The third-order valence-corrected chi connectivity index (χ3v) is 4.42. The first-order valence-corrected chi connectivity index (χ1v) is 6.49. The highest BCUT2D eigenvalue weighted by atomic mass is 16.5. The zero-order chi connectivity index (χ0) is 13.6. The van der Waals surface area contributed by atoms with Crippen LogP contribution in [0.3, 0.4) is 0 Å².